The molecule has 1 unspecified atom stereocenters. The van der Waals surface area contributed by atoms with E-state index in [4.69, 9.17) is 20.1 Å². The van der Waals surface area contributed by atoms with Gasteiger partial charge in [0, 0.05) is 0 Å². The maximum absolute atomic E-state index is 9.04. The van der Waals surface area contributed by atoms with Gasteiger partial charge in [-0.3, -0.25) is 0 Å². The molecule has 0 aliphatic carbocycles. The maximum Gasteiger partial charge on any atom is 0.129 e. The number of aliphatic hydroxyl groups is 3. The van der Waals surface area contributed by atoms with Crippen molar-refractivity contribution in [2.45, 2.75) is 23.7 Å². The van der Waals surface area contributed by atoms with Gasteiger partial charge in [0.1, 0.15) is 23.7 Å². The Morgan fingerprint density at radius 3 is 2.10 bits per heavy atom. The fraction of sp³-hybridized carbons (Fsp3) is 1.00. The second-order valence-electron chi connectivity index (χ2n) is 2.23. The van der Waals surface area contributed by atoms with Crippen LogP contribution in [0.4, 0.5) is 0 Å². The standard InChI is InChI=1S/C5H10O4S/c6-1-2-3(7)4(8)5(10)9-2/h2-8,10H,1H2/t2-,3-,4-,5?/m1/s1. The normalized spacial score (nSPS) is 48.0. The van der Waals surface area contributed by atoms with Gasteiger partial charge in [0.2, 0.25) is 0 Å². The van der Waals surface area contributed by atoms with Gasteiger partial charge in [-0.2, -0.15) is 0 Å². The highest BCUT2D eigenvalue weighted by molar-refractivity contribution is 7.80. The number of hydrogen-bond acceptors (Lipinski definition) is 5. The molecule has 0 aromatic heterocycles. The second kappa shape index (κ2) is 3.06. The molecular weight excluding hydrogens is 156 g/mol. The molecular formula is C5H10O4S. The van der Waals surface area contributed by atoms with Crippen molar-refractivity contribution in [1.29, 1.82) is 0 Å². The van der Waals surface area contributed by atoms with E-state index >= 15 is 0 Å². The van der Waals surface area contributed by atoms with Crippen molar-refractivity contribution in [1.82, 2.24) is 0 Å². The zero-order valence-electron chi connectivity index (χ0n) is 5.21. The first-order chi connectivity index (χ1) is 4.66. The van der Waals surface area contributed by atoms with E-state index in [2.05, 4.69) is 12.6 Å². The molecule has 10 heavy (non-hydrogen) atoms. The minimum atomic E-state index is -1.02. The Kier molecular flexibility index (Phi) is 2.54. The van der Waals surface area contributed by atoms with Crippen LogP contribution in [-0.4, -0.2) is 45.7 Å². The summed E-state index contributed by atoms with van der Waals surface area (Å²) < 4.78 is 4.85. The van der Waals surface area contributed by atoms with Crippen molar-refractivity contribution in [3.05, 3.63) is 0 Å². The lowest BCUT2D eigenvalue weighted by Gasteiger charge is -2.09. The van der Waals surface area contributed by atoms with E-state index in [0.29, 0.717) is 0 Å². The Morgan fingerprint density at radius 2 is 1.90 bits per heavy atom. The zero-order chi connectivity index (χ0) is 7.72. The quantitative estimate of drug-likeness (QED) is 0.352. The van der Waals surface area contributed by atoms with Crippen molar-refractivity contribution in [3.63, 3.8) is 0 Å². The van der Waals surface area contributed by atoms with E-state index in [9.17, 15) is 0 Å². The molecule has 1 rings (SSSR count). The van der Waals surface area contributed by atoms with Gasteiger partial charge in [-0.25, -0.2) is 0 Å². The zero-order valence-corrected chi connectivity index (χ0v) is 6.11. The van der Waals surface area contributed by atoms with Crippen LogP contribution < -0.4 is 0 Å². The Balaban J connectivity index is 2.53. The molecule has 4 atom stereocenters. The molecule has 0 aromatic rings. The van der Waals surface area contributed by atoms with Gasteiger partial charge in [0.15, 0.2) is 0 Å². The first-order valence-electron chi connectivity index (χ1n) is 2.97. The minimum absolute atomic E-state index is 0.296. The van der Waals surface area contributed by atoms with E-state index in [1.165, 1.54) is 0 Å². The van der Waals surface area contributed by atoms with Crippen LogP contribution in [0.2, 0.25) is 0 Å². The predicted molar refractivity (Wildman–Crippen MR) is 36.7 cm³/mol. The van der Waals surface area contributed by atoms with Gasteiger partial charge in [0.05, 0.1) is 6.61 Å². The smallest absolute Gasteiger partial charge is 0.129 e. The van der Waals surface area contributed by atoms with Crippen LogP contribution >= 0.6 is 12.6 Å². The molecule has 1 fully saturated rings. The number of ether oxygens (including phenoxy) is 1. The summed E-state index contributed by atoms with van der Waals surface area (Å²) in [4.78, 5) is 0. The third kappa shape index (κ3) is 1.28. The van der Waals surface area contributed by atoms with Gasteiger partial charge >= 0.3 is 0 Å². The largest absolute Gasteiger partial charge is 0.394 e. The highest BCUT2D eigenvalue weighted by Crippen LogP contribution is 2.22. The van der Waals surface area contributed by atoms with Gasteiger partial charge < -0.3 is 20.1 Å². The van der Waals surface area contributed by atoms with Crippen LogP contribution in [0.3, 0.4) is 0 Å². The van der Waals surface area contributed by atoms with Crippen molar-refractivity contribution >= 4 is 12.6 Å². The summed E-state index contributed by atoms with van der Waals surface area (Å²) in [7, 11) is 0. The first-order valence-corrected chi connectivity index (χ1v) is 3.49. The molecule has 1 heterocycles. The molecule has 1 aliphatic heterocycles. The average Bonchev–Trinajstić information content (AvgIpc) is 2.17. The molecule has 4 nitrogen and oxygen atoms in total. The van der Waals surface area contributed by atoms with Crippen LogP contribution in [0.25, 0.3) is 0 Å². The third-order valence-electron chi connectivity index (χ3n) is 1.52. The molecule has 0 amide bonds. The summed E-state index contributed by atoms with van der Waals surface area (Å²) in [5.41, 5.74) is -0.688. The molecule has 3 N–H and O–H groups in total. The third-order valence-corrected chi connectivity index (χ3v) is 1.94. The number of rotatable bonds is 1. The van der Waals surface area contributed by atoms with Crippen molar-refractivity contribution in [2.75, 3.05) is 6.61 Å². The van der Waals surface area contributed by atoms with E-state index in [1.807, 2.05) is 0 Å². The molecule has 0 radical (unpaired) electrons. The SMILES string of the molecule is OC[C@H]1OC(S)[C@H](O)[C@@H]1O. The Labute approximate surface area is 63.8 Å². The Hall–Kier alpha value is 0.190. The van der Waals surface area contributed by atoms with E-state index in [-0.39, 0.29) is 6.61 Å². The summed E-state index contributed by atoms with van der Waals surface area (Å²) in [6.07, 6.45) is -2.72. The average molecular weight is 166 g/mol. The molecule has 0 bridgehead atoms. The van der Waals surface area contributed by atoms with Crippen LogP contribution in [-0.2, 0) is 4.74 Å². The maximum atomic E-state index is 9.04. The van der Waals surface area contributed by atoms with E-state index in [0.717, 1.165) is 0 Å². The topological polar surface area (TPSA) is 69.9 Å². The first kappa shape index (κ1) is 8.29. The highest BCUT2D eigenvalue weighted by Gasteiger charge is 2.40. The molecule has 1 aliphatic rings. The highest BCUT2D eigenvalue weighted by atomic mass is 32.1. The molecule has 5 heteroatoms. The monoisotopic (exact) mass is 166 g/mol. The number of hydrogen-bond donors (Lipinski definition) is 4. The molecule has 0 aromatic carbocycles. The number of aliphatic hydroxyl groups excluding tert-OH is 3. The Morgan fingerprint density at radius 1 is 1.30 bits per heavy atom. The van der Waals surface area contributed by atoms with E-state index in [1.54, 1.807) is 0 Å². The van der Waals surface area contributed by atoms with E-state index < -0.39 is 23.7 Å². The van der Waals surface area contributed by atoms with Crippen molar-refractivity contribution in [2.24, 2.45) is 0 Å². The van der Waals surface area contributed by atoms with Gasteiger partial charge in [-0.05, 0) is 0 Å². The van der Waals surface area contributed by atoms with Crippen LogP contribution in [0.15, 0.2) is 0 Å². The van der Waals surface area contributed by atoms with Crippen molar-refractivity contribution in [3.8, 4) is 0 Å². The lowest BCUT2D eigenvalue weighted by molar-refractivity contribution is -0.00794. The minimum Gasteiger partial charge on any atom is -0.394 e. The molecule has 0 spiro atoms. The van der Waals surface area contributed by atoms with Gasteiger partial charge in [0.25, 0.3) is 0 Å². The summed E-state index contributed by atoms with van der Waals surface area (Å²) in [5.74, 6) is 0. The summed E-state index contributed by atoms with van der Waals surface area (Å²) >= 11 is 3.82. The number of thiol groups is 1. The van der Waals surface area contributed by atoms with Crippen LogP contribution in [0.1, 0.15) is 0 Å². The van der Waals surface area contributed by atoms with Crippen LogP contribution in [0, 0.1) is 0 Å². The van der Waals surface area contributed by atoms with Gasteiger partial charge in [-0.1, -0.05) is 0 Å². The van der Waals surface area contributed by atoms with Crippen LogP contribution in [0.5, 0.6) is 0 Å². The fourth-order valence-electron chi connectivity index (χ4n) is 0.880. The lowest BCUT2D eigenvalue weighted by atomic mass is 10.2. The molecule has 60 valence electrons. The second-order valence-corrected chi connectivity index (χ2v) is 2.74. The summed E-state index contributed by atoms with van der Waals surface area (Å²) in [6.45, 7) is -0.296. The summed E-state index contributed by atoms with van der Waals surface area (Å²) in [5, 5.41) is 26.6. The Bertz CT molecular complexity index is 120. The molecule has 1 saturated heterocycles. The van der Waals surface area contributed by atoms with Crippen molar-refractivity contribution < 1.29 is 20.1 Å². The predicted octanol–water partition coefficient (Wildman–Crippen LogP) is -1.64. The van der Waals surface area contributed by atoms with Gasteiger partial charge in [-0.15, -0.1) is 12.6 Å². The summed E-state index contributed by atoms with van der Waals surface area (Å²) in [6, 6.07) is 0. The molecule has 0 saturated carbocycles. The lowest BCUT2D eigenvalue weighted by Crippen LogP contribution is -2.32. The fourth-order valence-corrected chi connectivity index (χ4v) is 1.21.